The van der Waals surface area contributed by atoms with E-state index in [-0.39, 0.29) is 38.1 Å². The average Bonchev–Trinajstić information content (AvgIpc) is 3.26. The average molecular weight is 477 g/mol. The minimum absolute atomic E-state index is 0.0285. The van der Waals surface area contributed by atoms with Crippen molar-refractivity contribution in [3.05, 3.63) is 23.5 Å². The molecule has 1 atom stereocenters. The zero-order chi connectivity index (χ0) is 24.2. The molecule has 0 aliphatic carbocycles. The topological polar surface area (TPSA) is 132 Å². The van der Waals surface area contributed by atoms with E-state index < -0.39 is 20.5 Å². The molecule has 0 radical (unpaired) electrons. The molecule has 1 saturated heterocycles. The van der Waals surface area contributed by atoms with Gasteiger partial charge >= 0.3 is 6.03 Å². The smallest absolute Gasteiger partial charge is 0.328 e. The standard InChI is InChI=1S/C22H28N4O6S/c1-22(20(28)23-30,33(2,31)32)8-10-25-16-19-12-17(15-26(19)21(25)29)6-3-4-7-18-13-24(14-18)9-5-11-27/h12,15,18,27,30H,5,8-11,13-14,16H2,1-2H3,(H,23,28)/t22-/m1/s1. The second-order valence-corrected chi connectivity index (χ2v) is 11.0. The normalized spacial score (nSPS) is 17.8. The van der Waals surface area contributed by atoms with E-state index in [0.29, 0.717) is 11.3 Å². The Balaban J connectivity index is 1.56. The van der Waals surface area contributed by atoms with Crippen LogP contribution in [-0.2, 0) is 21.2 Å². The highest BCUT2D eigenvalue weighted by Gasteiger charge is 2.44. The maximum Gasteiger partial charge on any atom is 0.328 e. The van der Waals surface area contributed by atoms with E-state index in [1.165, 1.54) is 21.9 Å². The van der Waals surface area contributed by atoms with Crippen molar-refractivity contribution >= 4 is 21.8 Å². The minimum atomic E-state index is -3.83. The summed E-state index contributed by atoms with van der Waals surface area (Å²) >= 11 is 0. The summed E-state index contributed by atoms with van der Waals surface area (Å²) in [6.45, 7) is 4.36. The number of aliphatic hydroxyl groups is 1. The van der Waals surface area contributed by atoms with Gasteiger partial charge in [-0.25, -0.2) is 18.7 Å². The summed E-state index contributed by atoms with van der Waals surface area (Å²) in [5, 5.41) is 17.7. The van der Waals surface area contributed by atoms with E-state index in [4.69, 9.17) is 10.3 Å². The molecule has 0 spiro atoms. The number of amides is 2. The van der Waals surface area contributed by atoms with E-state index in [1.54, 1.807) is 12.3 Å². The number of rotatable bonds is 8. The third-order valence-electron chi connectivity index (χ3n) is 6.12. The lowest BCUT2D eigenvalue weighted by molar-refractivity contribution is -0.131. The Labute approximate surface area is 193 Å². The molecule has 0 unspecified atom stereocenters. The molecule has 1 aromatic heterocycles. The molecule has 0 aromatic carbocycles. The van der Waals surface area contributed by atoms with E-state index in [0.717, 1.165) is 32.3 Å². The first-order valence-corrected chi connectivity index (χ1v) is 12.5. The highest BCUT2D eigenvalue weighted by molar-refractivity contribution is 7.92. The largest absolute Gasteiger partial charge is 0.396 e. The van der Waals surface area contributed by atoms with Gasteiger partial charge in [0.25, 0.3) is 5.91 Å². The number of hydrogen-bond donors (Lipinski definition) is 3. The van der Waals surface area contributed by atoms with Crippen LogP contribution in [0.5, 0.6) is 0 Å². The molecule has 1 aromatic rings. The molecule has 2 aliphatic rings. The molecule has 178 valence electrons. The van der Waals surface area contributed by atoms with Gasteiger partial charge in [0.05, 0.1) is 6.54 Å². The Hall–Kier alpha value is -2.83. The van der Waals surface area contributed by atoms with Crippen molar-refractivity contribution in [2.24, 2.45) is 5.92 Å². The summed E-state index contributed by atoms with van der Waals surface area (Å²) in [5.41, 5.74) is 2.77. The number of hydroxylamine groups is 1. The molecule has 3 rings (SSSR count). The predicted octanol–water partition coefficient (Wildman–Crippen LogP) is -0.360. The molecule has 10 nitrogen and oxygen atoms in total. The Bertz CT molecular complexity index is 1150. The second kappa shape index (κ2) is 9.98. The van der Waals surface area contributed by atoms with Crippen molar-refractivity contribution in [3.8, 4) is 23.7 Å². The van der Waals surface area contributed by atoms with Crippen LogP contribution < -0.4 is 5.48 Å². The van der Waals surface area contributed by atoms with Crippen LogP contribution in [0, 0.1) is 29.6 Å². The number of sulfone groups is 1. The first-order valence-electron chi connectivity index (χ1n) is 10.6. The molecule has 2 amide bonds. The lowest BCUT2D eigenvalue weighted by Gasteiger charge is -2.36. The lowest BCUT2D eigenvalue weighted by atomic mass is 10.0. The van der Waals surface area contributed by atoms with Crippen LogP contribution in [0.15, 0.2) is 12.3 Å². The van der Waals surface area contributed by atoms with Gasteiger partial charge in [-0.05, 0) is 37.7 Å². The van der Waals surface area contributed by atoms with Gasteiger partial charge in [-0.1, -0.05) is 11.8 Å². The number of carbonyl (C=O) groups is 2. The maximum absolute atomic E-state index is 12.7. The minimum Gasteiger partial charge on any atom is -0.396 e. The van der Waals surface area contributed by atoms with E-state index in [2.05, 4.69) is 28.6 Å². The van der Waals surface area contributed by atoms with Gasteiger partial charge in [0.15, 0.2) is 14.6 Å². The Kier molecular flexibility index (Phi) is 7.50. The molecule has 2 aliphatic heterocycles. The van der Waals surface area contributed by atoms with Crippen molar-refractivity contribution in [3.63, 3.8) is 0 Å². The number of hydrogen-bond acceptors (Lipinski definition) is 7. The number of nitrogens with zero attached hydrogens (tertiary/aromatic N) is 3. The van der Waals surface area contributed by atoms with Crippen LogP contribution in [0.3, 0.4) is 0 Å². The molecule has 1 fully saturated rings. The molecule has 0 bridgehead atoms. The number of aliphatic hydroxyl groups excluding tert-OH is 1. The number of likely N-dealkylation sites (tertiary alicyclic amines) is 1. The third-order valence-corrected chi connectivity index (χ3v) is 8.15. The monoisotopic (exact) mass is 476 g/mol. The van der Waals surface area contributed by atoms with Crippen LogP contribution >= 0.6 is 0 Å². The predicted molar refractivity (Wildman–Crippen MR) is 120 cm³/mol. The van der Waals surface area contributed by atoms with Gasteiger partial charge in [-0.3, -0.25) is 14.6 Å². The first kappa shape index (κ1) is 24.8. The first-order chi connectivity index (χ1) is 15.6. The quantitative estimate of drug-likeness (QED) is 0.265. The summed E-state index contributed by atoms with van der Waals surface area (Å²) < 4.78 is 23.8. The van der Waals surface area contributed by atoms with Crippen molar-refractivity contribution in [1.82, 2.24) is 19.8 Å². The Morgan fingerprint density at radius 2 is 2.03 bits per heavy atom. The summed E-state index contributed by atoms with van der Waals surface area (Å²) in [6.07, 6.45) is 3.15. The van der Waals surface area contributed by atoms with Crippen LogP contribution in [0.25, 0.3) is 0 Å². The number of carbonyl (C=O) groups excluding carboxylic acids is 2. The molecule has 33 heavy (non-hydrogen) atoms. The fourth-order valence-corrected chi connectivity index (χ4v) is 4.62. The van der Waals surface area contributed by atoms with Gasteiger partial charge in [-0.2, -0.15) is 0 Å². The molecular formula is C22H28N4O6S. The number of aromatic nitrogens is 1. The molecule has 0 saturated carbocycles. The number of fused-ring (bicyclic) bond motifs is 1. The molecule has 3 heterocycles. The summed E-state index contributed by atoms with van der Waals surface area (Å²) in [6, 6.07) is 1.45. The van der Waals surface area contributed by atoms with Gasteiger partial charge in [0.2, 0.25) is 0 Å². The molecule has 3 N–H and O–H groups in total. The van der Waals surface area contributed by atoms with E-state index in [9.17, 15) is 18.0 Å². The van der Waals surface area contributed by atoms with Crippen molar-refractivity contribution in [2.45, 2.75) is 31.1 Å². The van der Waals surface area contributed by atoms with Crippen LogP contribution in [0.1, 0.15) is 31.0 Å². The zero-order valence-electron chi connectivity index (χ0n) is 18.7. The Morgan fingerprint density at radius 3 is 2.64 bits per heavy atom. The van der Waals surface area contributed by atoms with Gasteiger partial charge in [0.1, 0.15) is 0 Å². The van der Waals surface area contributed by atoms with Crippen LogP contribution in [0.2, 0.25) is 0 Å². The summed E-state index contributed by atoms with van der Waals surface area (Å²) in [4.78, 5) is 28.3. The maximum atomic E-state index is 12.7. The molecular weight excluding hydrogens is 448 g/mol. The summed E-state index contributed by atoms with van der Waals surface area (Å²) in [5.74, 6) is 11.0. The summed E-state index contributed by atoms with van der Waals surface area (Å²) in [7, 11) is -3.83. The molecule has 11 heteroatoms. The highest BCUT2D eigenvalue weighted by atomic mass is 32.2. The second-order valence-electron chi connectivity index (χ2n) is 8.54. The van der Waals surface area contributed by atoms with Crippen LogP contribution in [0.4, 0.5) is 4.79 Å². The lowest BCUT2D eigenvalue weighted by Crippen LogP contribution is -2.50. The van der Waals surface area contributed by atoms with Gasteiger partial charge < -0.3 is 14.9 Å². The van der Waals surface area contributed by atoms with Crippen molar-refractivity contribution < 1.29 is 28.3 Å². The van der Waals surface area contributed by atoms with Crippen molar-refractivity contribution in [1.29, 1.82) is 0 Å². The van der Waals surface area contributed by atoms with E-state index in [1.807, 2.05) is 0 Å². The van der Waals surface area contributed by atoms with E-state index >= 15 is 0 Å². The fraction of sp³-hybridized carbons (Fsp3) is 0.545. The zero-order valence-corrected chi connectivity index (χ0v) is 19.5. The third kappa shape index (κ3) is 5.40. The van der Waals surface area contributed by atoms with Crippen molar-refractivity contribution in [2.75, 3.05) is 39.0 Å². The fourth-order valence-electron chi connectivity index (χ4n) is 3.78. The van der Waals surface area contributed by atoms with Gasteiger partial charge in [-0.15, -0.1) is 0 Å². The number of nitrogens with one attached hydrogen (secondary N) is 1. The Morgan fingerprint density at radius 1 is 1.30 bits per heavy atom. The highest BCUT2D eigenvalue weighted by Crippen LogP contribution is 2.25. The van der Waals surface area contributed by atoms with Crippen LogP contribution in [-0.4, -0.2) is 88.8 Å². The SMILES string of the molecule is C[C@@](CCN1Cc2cc(C#CC#CC3CN(CCCO)C3)cn2C1=O)(C(=O)NO)S(C)(=O)=O. The van der Waals surface area contributed by atoms with Gasteiger partial charge in [0, 0.05) is 62.4 Å².